The van der Waals surface area contributed by atoms with Gasteiger partial charge in [0.1, 0.15) is 0 Å². The summed E-state index contributed by atoms with van der Waals surface area (Å²) in [6.45, 7) is 11.4. The van der Waals surface area contributed by atoms with Gasteiger partial charge in [0.05, 0.1) is 13.7 Å². The molecule has 25 heavy (non-hydrogen) atoms. The molecule has 6 heteroatoms. The van der Waals surface area contributed by atoms with Crippen LogP contribution in [0, 0.1) is 0 Å². The Morgan fingerprint density at radius 1 is 1.24 bits per heavy atom. The molecule has 2 N–H and O–H groups in total. The van der Waals surface area contributed by atoms with E-state index < -0.39 is 0 Å². The van der Waals surface area contributed by atoms with E-state index in [2.05, 4.69) is 46.3 Å². The van der Waals surface area contributed by atoms with Gasteiger partial charge in [0.2, 0.25) is 5.88 Å². The number of ether oxygens (including phenoxy) is 1. The van der Waals surface area contributed by atoms with E-state index in [-0.39, 0.29) is 5.54 Å². The molecule has 2 heterocycles. The van der Waals surface area contributed by atoms with Crippen molar-refractivity contribution >= 4 is 5.96 Å². The Labute approximate surface area is 152 Å². The third-order valence-electron chi connectivity index (χ3n) is 4.67. The summed E-state index contributed by atoms with van der Waals surface area (Å²) in [7, 11) is 1.62. The van der Waals surface area contributed by atoms with Crippen LogP contribution in [0.3, 0.4) is 0 Å². The van der Waals surface area contributed by atoms with Crippen molar-refractivity contribution in [1.29, 1.82) is 0 Å². The number of hydrogen-bond acceptors (Lipinski definition) is 4. The van der Waals surface area contributed by atoms with Gasteiger partial charge in [-0.25, -0.2) is 9.98 Å². The van der Waals surface area contributed by atoms with Crippen molar-refractivity contribution in [3.8, 4) is 5.88 Å². The average molecular weight is 348 g/mol. The molecule has 140 valence electrons. The zero-order valence-corrected chi connectivity index (χ0v) is 16.1. The fourth-order valence-corrected chi connectivity index (χ4v) is 3.05. The van der Waals surface area contributed by atoms with Gasteiger partial charge >= 0.3 is 0 Å². The number of nitrogens with one attached hydrogen (secondary N) is 2. The molecule has 0 radical (unpaired) electrons. The largest absolute Gasteiger partial charge is 0.481 e. The number of aromatic nitrogens is 1. The SMILES string of the molecule is CCNC(=NCc1ccc(OC)nc1)NCC(C)(C)N1CCCCC1. The molecule has 2 rings (SSSR count). The summed E-state index contributed by atoms with van der Waals surface area (Å²) < 4.78 is 5.09. The van der Waals surface area contributed by atoms with E-state index in [9.17, 15) is 0 Å². The number of hydrogen-bond donors (Lipinski definition) is 2. The highest BCUT2D eigenvalue weighted by Crippen LogP contribution is 2.19. The van der Waals surface area contributed by atoms with Crippen LogP contribution in [0.15, 0.2) is 23.3 Å². The van der Waals surface area contributed by atoms with Crippen LogP contribution in [0.25, 0.3) is 0 Å². The average Bonchev–Trinajstić information content (AvgIpc) is 2.65. The van der Waals surface area contributed by atoms with Crippen LogP contribution in [-0.4, -0.2) is 54.7 Å². The molecule has 1 aromatic rings. The van der Waals surface area contributed by atoms with Gasteiger partial charge in [-0.2, -0.15) is 0 Å². The summed E-state index contributed by atoms with van der Waals surface area (Å²) in [5.74, 6) is 1.48. The Bertz CT molecular complexity index is 535. The minimum Gasteiger partial charge on any atom is -0.481 e. The van der Waals surface area contributed by atoms with Crippen LogP contribution in [0.4, 0.5) is 0 Å². The predicted molar refractivity (Wildman–Crippen MR) is 103 cm³/mol. The maximum absolute atomic E-state index is 5.09. The zero-order valence-electron chi connectivity index (χ0n) is 16.1. The number of rotatable bonds is 7. The van der Waals surface area contributed by atoms with Gasteiger partial charge in [0.25, 0.3) is 0 Å². The molecule has 0 spiro atoms. The first-order valence-electron chi connectivity index (χ1n) is 9.31. The van der Waals surface area contributed by atoms with Gasteiger partial charge in [-0.15, -0.1) is 0 Å². The molecule has 0 bridgehead atoms. The van der Waals surface area contributed by atoms with Crippen molar-refractivity contribution in [2.24, 2.45) is 4.99 Å². The quantitative estimate of drug-likeness (QED) is 0.586. The second-order valence-corrected chi connectivity index (χ2v) is 7.12. The summed E-state index contributed by atoms with van der Waals surface area (Å²) in [6.07, 6.45) is 5.79. The van der Waals surface area contributed by atoms with Crippen molar-refractivity contribution in [1.82, 2.24) is 20.5 Å². The number of pyridine rings is 1. The van der Waals surface area contributed by atoms with Gasteiger partial charge in [-0.1, -0.05) is 12.5 Å². The second-order valence-electron chi connectivity index (χ2n) is 7.12. The third-order valence-corrected chi connectivity index (χ3v) is 4.67. The summed E-state index contributed by atoms with van der Waals surface area (Å²) in [4.78, 5) is 11.5. The Hall–Kier alpha value is -1.82. The molecule has 0 amide bonds. The van der Waals surface area contributed by atoms with Crippen molar-refractivity contribution in [3.05, 3.63) is 23.9 Å². The maximum atomic E-state index is 5.09. The molecular weight excluding hydrogens is 314 g/mol. The minimum atomic E-state index is 0.123. The molecule has 0 unspecified atom stereocenters. The predicted octanol–water partition coefficient (Wildman–Crippen LogP) is 2.41. The Kier molecular flexibility index (Phi) is 7.50. The molecule has 0 aliphatic carbocycles. The molecule has 1 fully saturated rings. The van der Waals surface area contributed by atoms with Gasteiger partial charge in [0, 0.05) is 30.9 Å². The van der Waals surface area contributed by atoms with E-state index in [0.29, 0.717) is 12.4 Å². The zero-order chi connectivity index (χ0) is 18.1. The highest BCUT2D eigenvalue weighted by Gasteiger charge is 2.27. The Morgan fingerprint density at radius 2 is 2.00 bits per heavy atom. The van der Waals surface area contributed by atoms with Crippen molar-refractivity contribution in [2.45, 2.75) is 52.1 Å². The number of methoxy groups -OCH3 is 1. The lowest BCUT2D eigenvalue weighted by Crippen LogP contribution is -2.54. The fourth-order valence-electron chi connectivity index (χ4n) is 3.05. The second kappa shape index (κ2) is 9.61. The minimum absolute atomic E-state index is 0.123. The highest BCUT2D eigenvalue weighted by atomic mass is 16.5. The molecule has 0 aromatic carbocycles. The van der Waals surface area contributed by atoms with Crippen molar-refractivity contribution < 1.29 is 4.74 Å². The summed E-state index contributed by atoms with van der Waals surface area (Å²) in [5, 5.41) is 6.83. The molecule has 1 aliphatic heterocycles. The number of likely N-dealkylation sites (tertiary alicyclic amines) is 1. The molecule has 0 saturated carbocycles. The topological polar surface area (TPSA) is 61.8 Å². The third kappa shape index (κ3) is 6.20. The highest BCUT2D eigenvalue weighted by molar-refractivity contribution is 5.79. The lowest BCUT2D eigenvalue weighted by molar-refractivity contribution is 0.0982. The number of nitrogens with zero attached hydrogens (tertiary/aromatic N) is 3. The number of aliphatic imine (C=N–C) groups is 1. The van der Waals surface area contributed by atoms with E-state index in [1.165, 1.54) is 32.4 Å². The van der Waals surface area contributed by atoms with Gasteiger partial charge in [-0.05, 0) is 52.3 Å². The van der Waals surface area contributed by atoms with Crippen molar-refractivity contribution in [3.63, 3.8) is 0 Å². The summed E-state index contributed by atoms with van der Waals surface area (Å²) >= 11 is 0. The molecule has 1 saturated heterocycles. The summed E-state index contributed by atoms with van der Waals surface area (Å²) in [5.41, 5.74) is 1.19. The van der Waals surface area contributed by atoms with Crippen molar-refractivity contribution in [2.75, 3.05) is 33.3 Å². The molecule has 1 aromatic heterocycles. The smallest absolute Gasteiger partial charge is 0.212 e. The fraction of sp³-hybridized carbons (Fsp3) is 0.684. The Balaban J connectivity index is 1.91. The number of piperidine rings is 1. The molecular formula is C19H33N5O. The van der Waals surface area contributed by atoms with Crippen LogP contribution in [-0.2, 0) is 6.54 Å². The maximum Gasteiger partial charge on any atom is 0.212 e. The van der Waals surface area contributed by atoms with Crippen LogP contribution in [0.1, 0.15) is 45.6 Å². The van der Waals surface area contributed by atoms with Crippen LogP contribution in [0.2, 0.25) is 0 Å². The van der Waals surface area contributed by atoms with Gasteiger partial charge < -0.3 is 15.4 Å². The van der Waals surface area contributed by atoms with Crippen LogP contribution in [0.5, 0.6) is 5.88 Å². The summed E-state index contributed by atoms with van der Waals surface area (Å²) in [6, 6.07) is 3.86. The standard InChI is InChI=1S/C19H33N5O/c1-5-20-18(22-14-16-9-10-17(25-4)21-13-16)23-15-19(2,3)24-11-7-6-8-12-24/h9-10,13H,5-8,11-12,14-15H2,1-4H3,(H2,20,22,23). The van der Waals surface area contributed by atoms with Crippen LogP contribution < -0.4 is 15.4 Å². The van der Waals surface area contributed by atoms with Crippen LogP contribution >= 0.6 is 0 Å². The number of guanidine groups is 1. The first-order chi connectivity index (χ1) is 12.0. The van der Waals surface area contributed by atoms with E-state index in [0.717, 1.165) is 24.6 Å². The Morgan fingerprint density at radius 3 is 2.60 bits per heavy atom. The molecule has 6 nitrogen and oxygen atoms in total. The monoisotopic (exact) mass is 347 g/mol. The first-order valence-corrected chi connectivity index (χ1v) is 9.31. The van der Waals surface area contributed by atoms with E-state index >= 15 is 0 Å². The molecule has 0 atom stereocenters. The normalized spacial score (nSPS) is 16.6. The van der Waals surface area contributed by atoms with E-state index in [1.54, 1.807) is 7.11 Å². The molecule has 1 aliphatic rings. The first kappa shape index (κ1) is 19.5. The van der Waals surface area contributed by atoms with E-state index in [1.807, 2.05) is 18.3 Å². The lowest BCUT2D eigenvalue weighted by Gasteiger charge is -2.41. The van der Waals surface area contributed by atoms with E-state index in [4.69, 9.17) is 4.74 Å². The van der Waals surface area contributed by atoms with Gasteiger partial charge in [0.15, 0.2) is 5.96 Å². The van der Waals surface area contributed by atoms with Gasteiger partial charge in [-0.3, -0.25) is 4.90 Å². The lowest BCUT2D eigenvalue weighted by atomic mass is 9.98.